The minimum atomic E-state index is -1.07. The molecule has 0 amide bonds. The number of hydrogen-bond donors (Lipinski definition) is 0. The lowest BCUT2D eigenvalue weighted by Gasteiger charge is -2.12. The van der Waals surface area contributed by atoms with Crippen LogP contribution in [0.25, 0.3) is 32.7 Å². The van der Waals surface area contributed by atoms with Gasteiger partial charge < -0.3 is 0 Å². The molecule has 0 aromatic heterocycles. The molecule has 38 heavy (non-hydrogen) atoms. The van der Waals surface area contributed by atoms with Crippen LogP contribution in [0, 0.1) is 60.7 Å². The van der Waals surface area contributed by atoms with Crippen LogP contribution in [0.5, 0.6) is 0 Å². The van der Waals surface area contributed by atoms with Crippen LogP contribution in [0.1, 0.15) is 0 Å². The van der Waals surface area contributed by atoms with Crippen molar-refractivity contribution in [2.45, 2.75) is 0 Å². The van der Waals surface area contributed by atoms with Crippen molar-refractivity contribution in [2.75, 3.05) is 0 Å². The molecule has 18 heteroatoms. The van der Waals surface area contributed by atoms with Gasteiger partial charge in [0, 0.05) is 35.0 Å². The summed E-state index contributed by atoms with van der Waals surface area (Å²) in [4.78, 5) is 63.7. The van der Waals surface area contributed by atoms with Gasteiger partial charge in [-0.3, -0.25) is 60.7 Å². The van der Waals surface area contributed by atoms with E-state index in [-0.39, 0.29) is 11.1 Å². The second-order valence-electron chi connectivity index (χ2n) is 7.58. The fourth-order valence-electron chi connectivity index (χ4n) is 4.13. The van der Waals surface area contributed by atoms with Crippen molar-refractivity contribution in [3.8, 4) is 11.1 Å². The van der Waals surface area contributed by atoms with Gasteiger partial charge in [-0.1, -0.05) is 0 Å². The minimum absolute atomic E-state index is 0.202. The SMILES string of the molecule is O=[N+]([O-])c1cc([N+](=O)[O-])c2c([N+](=O)[O-])ccc(-c3ccc([N+](=O)[O-])c4c([N+](=O)[O-])cc([N+](=O)[O-])cc34)c2c1. The predicted octanol–water partition coefficient (Wildman–Crippen LogP) is 5.11. The highest BCUT2D eigenvalue weighted by atomic mass is 16.6. The van der Waals surface area contributed by atoms with Gasteiger partial charge in [-0.2, -0.15) is 0 Å². The molecule has 0 saturated carbocycles. The molecule has 0 saturated heterocycles. The first-order chi connectivity index (χ1) is 17.8. The fourth-order valence-corrected chi connectivity index (χ4v) is 4.13. The second kappa shape index (κ2) is 8.78. The number of nitrogens with zero attached hydrogens (tertiary/aromatic N) is 6. The topological polar surface area (TPSA) is 259 Å². The maximum atomic E-state index is 11.7. The van der Waals surface area contributed by atoms with Gasteiger partial charge in [0.25, 0.3) is 34.1 Å². The lowest BCUT2D eigenvalue weighted by Crippen LogP contribution is -2.00. The van der Waals surface area contributed by atoms with Crippen LogP contribution in [0.3, 0.4) is 0 Å². The summed E-state index contributed by atoms with van der Waals surface area (Å²) in [7, 11) is 0. The Morgan fingerprint density at radius 1 is 0.395 bits per heavy atom. The maximum absolute atomic E-state index is 11.7. The van der Waals surface area contributed by atoms with Crippen LogP contribution in [0.15, 0.2) is 48.5 Å². The average molecular weight is 524 g/mol. The van der Waals surface area contributed by atoms with E-state index in [0.29, 0.717) is 12.1 Å². The highest BCUT2D eigenvalue weighted by molar-refractivity contribution is 6.14. The summed E-state index contributed by atoms with van der Waals surface area (Å²) in [6.07, 6.45) is 0. The fraction of sp³-hybridized carbons (Fsp3) is 0. The molecule has 0 heterocycles. The van der Waals surface area contributed by atoms with Gasteiger partial charge in [0.1, 0.15) is 10.8 Å². The molecule has 0 unspecified atom stereocenters. The quantitative estimate of drug-likeness (QED) is 0.225. The molecular weight excluding hydrogens is 516 g/mol. The van der Waals surface area contributed by atoms with Crippen LogP contribution in [0.4, 0.5) is 34.1 Å². The highest BCUT2D eigenvalue weighted by Gasteiger charge is 2.32. The van der Waals surface area contributed by atoms with Crippen molar-refractivity contribution < 1.29 is 29.5 Å². The van der Waals surface area contributed by atoms with E-state index in [0.717, 1.165) is 36.4 Å². The first kappa shape index (κ1) is 24.9. The summed E-state index contributed by atoms with van der Waals surface area (Å²) in [5, 5.41) is 67.6. The molecule has 0 N–H and O–H groups in total. The number of rotatable bonds is 7. The smallest absolute Gasteiger partial charge is 0.258 e. The molecule has 0 spiro atoms. The molecule has 0 fully saturated rings. The van der Waals surface area contributed by atoms with Gasteiger partial charge in [-0.25, -0.2) is 0 Å². The standard InChI is InChI=1S/C20H8N6O12/c27-21(28)9-5-13-11(1-3-15(23(31)32)19(13)17(7-9)25(35)36)12-2-4-16(24(33)34)20-14(12)6-10(22(29)30)8-18(20)26(37)38/h1-8H. The Hall–Kier alpha value is -6.20. The summed E-state index contributed by atoms with van der Waals surface area (Å²) < 4.78 is 0. The monoisotopic (exact) mass is 524 g/mol. The highest BCUT2D eigenvalue weighted by Crippen LogP contribution is 2.46. The van der Waals surface area contributed by atoms with E-state index < -0.39 is 85.2 Å². The largest absolute Gasteiger partial charge is 0.291 e. The van der Waals surface area contributed by atoms with Gasteiger partial charge in [0.05, 0.1) is 41.7 Å². The van der Waals surface area contributed by atoms with Gasteiger partial charge in [-0.15, -0.1) is 0 Å². The molecule has 0 radical (unpaired) electrons. The molecule has 0 bridgehead atoms. The lowest BCUT2D eigenvalue weighted by molar-refractivity contribution is -0.395. The van der Waals surface area contributed by atoms with Crippen molar-refractivity contribution in [1.82, 2.24) is 0 Å². The molecule has 0 aliphatic rings. The van der Waals surface area contributed by atoms with E-state index in [1.54, 1.807) is 0 Å². The Kier molecular flexibility index (Phi) is 5.76. The van der Waals surface area contributed by atoms with E-state index in [4.69, 9.17) is 0 Å². The van der Waals surface area contributed by atoms with Gasteiger partial charge >= 0.3 is 0 Å². The summed E-state index contributed by atoms with van der Waals surface area (Å²) in [5.41, 5.74) is -5.64. The van der Waals surface area contributed by atoms with E-state index in [2.05, 4.69) is 0 Å². The minimum Gasteiger partial charge on any atom is -0.258 e. The van der Waals surface area contributed by atoms with Crippen LogP contribution < -0.4 is 0 Å². The molecule has 18 nitrogen and oxygen atoms in total. The van der Waals surface area contributed by atoms with Crippen molar-refractivity contribution in [3.05, 3.63) is 109 Å². The number of fused-ring (bicyclic) bond motifs is 2. The molecule has 4 aromatic rings. The molecule has 4 aromatic carbocycles. The number of nitro benzene ring substituents is 6. The number of nitro groups is 6. The lowest BCUT2D eigenvalue weighted by atomic mass is 9.91. The molecule has 4 rings (SSSR count). The van der Waals surface area contributed by atoms with E-state index in [1.807, 2.05) is 0 Å². The van der Waals surface area contributed by atoms with E-state index in [1.165, 1.54) is 0 Å². The maximum Gasteiger partial charge on any atom is 0.291 e. The van der Waals surface area contributed by atoms with E-state index in [9.17, 15) is 60.7 Å². The van der Waals surface area contributed by atoms with Crippen molar-refractivity contribution >= 4 is 55.7 Å². The van der Waals surface area contributed by atoms with Crippen LogP contribution in [-0.2, 0) is 0 Å². The van der Waals surface area contributed by atoms with Crippen LogP contribution in [0.2, 0.25) is 0 Å². The Bertz CT molecular complexity index is 1670. The number of hydrogen-bond acceptors (Lipinski definition) is 12. The zero-order chi connectivity index (χ0) is 28.0. The zero-order valence-electron chi connectivity index (χ0n) is 18.2. The molecule has 0 atom stereocenters. The van der Waals surface area contributed by atoms with Crippen LogP contribution in [-0.4, -0.2) is 29.5 Å². The number of non-ortho nitro benzene ring substituents is 6. The van der Waals surface area contributed by atoms with E-state index >= 15 is 0 Å². The van der Waals surface area contributed by atoms with Gasteiger partial charge in [0.2, 0.25) is 0 Å². The average Bonchev–Trinajstić information content (AvgIpc) is 2.85. The van der Waals surface area contributed by atoms with Crippen LogP contribution >= 0.6 is 0 Å². The third-order valence-corrected chi connectivity index (χ3v) is 5.61. The predicted molar refractivity (Wildman–Crippen MR) is 127 cm³/mol. The summed E-state index contributed by atoms with van der Waals surface area (Å²) in [6, 6.07) is 6.36. The van der Waals surface area contributed by atoms with Gasteiger partial charge in [-0.05, 0) is 23.3 Å². The Labute approximate surface area is 206 Å². The van der Waals surface area contributed by atoms with Crippen molar-refractivity contribution in [1.29, 1.82) is 0 Å². The normalized spacial score (nSPS) is 10.8. The second-order valence-corrected chi connectivity index (χ2v) is 7.58. The zero-order valence-corrected chi connectivity index (χ0v) is 18.2. The Balaban J connectivity index is 2.30. The summed E-state index contributed by atoms with van der Waals surface area (Å²) in [6.45, 7) is 0. The third-order valence-electron chi connectivity index (χ3n) is 5.61. The molecule has 0 aliphatic heterocycles. The summed E-state index contributed by atoms with van der Waals surface area (Å²) in [5.74, 6) is 0. The molecular formula is C20H8N6O12. The number of benzene rings is 4. The molecule has 190 valence electrons. The van der Waals surface area contributed by atoms with Gasteiger partial charge in [0.15, 0.2) is 0 Å². The first-order valence-corrected chi connectivity index (χ1v) is 9.91. The van der Waals surface area contributed by atoms with Crippen molar-refractivity contribution in [3.63, 3.8) is 0 Å². The summed E-state index contributed by atoms with van der Waals surface area (Å²) >= 11 is 0. The Morgan fingerprint density at radius 2 is 0.711 bits per heavy atom. The first-order valence-electron chi connectivity index (χ1n) is 9.91. The molecule has 0 aliphatic carbocycles. The third kappa shape index (κ3) is 3.88. The van der Waals surface area contributed by atoms with Crippen molar-refractivity contribution in [2.24, 2.45) is 0 Å². The Morgan fingerprint density at radius 3 is 0.974 bits per heavy atom.